The van der Waals surface area contributed by atoms with Crippen LogP contribution in [0.1, 0.15) is 18.1 Å². The summed E-state index contributed by atoms with van der Waals surface area (Å²) >= 11 is 0. The number of rotatable bonds is 1. The van der Waals surface area contributed by atoms with E-state index in [1.54, 1.807) is 6.92 Å². The average molecular weight is 223 g/mol. The fraction of sp³-hybridized carbons (Fsp3) is 0.133. The zero-order valence-electron chi connectivity index (χ0n) is 9.59. The lowest BCUT2D eigenvalue weighted by Crippen LogP contribution is -2.29. The van der Waals surface area contributed by atoms with Crippen LogP contribution in [0.25, 0.3) is 0 Å². The van der Waals surface area contributed by atoms with Crippen LogP contribution in [-0.4, -0.2) is 10.8 Å². The Bertz CT molecular complexity index is 585. The van der Waals surface area contributed by atoms with Gasteiger partial charge in [-0.15, -0.1) is 0 Å². The largest absolute Gasteiger partial charge is 0.379 e. The molecule has 3 rings (SSSR count). The maximum atomic E-state index is 10.6. The lowest BCUT2D eigenvalue weighted by molar-refractivity contribution is 0.138. The highest BCUT2D eigenvalue weighted by Gasteiger charge is 2.37. The molecule has 0 aromatic heterocycles. The van der Waals surface area contributed by atoms with Gasteiger partial charge in [0.25, 0.3) is 0 Å². The van der Waals surface area contributed by atoms with Crippen LogP contribution in [0.5, 0.6) is 0 Å². The number of nitrogens with zero attached hydrogens (tertiary/aromatic N) is 1. The summed E-state index contributed by atoms with van der Waals surface area (Å²) < 4.78 is 0. The second-order valence-electron chi connectivity index (χ2n) is 4.42. The zero-order valence-corrected chi connectivity index (χ0v) is 9.59. The Kier molecular flexibility index (Phi) is 2.13. The van der Waals surface area contributed by atoms with Gasteiger partial charge in [0.2, 0.25) is 0 Å². The molecule has 0 fully saturated rings. The number of aliphatic imine (C=N–C) groups is 1. The predicted octanol–water partition coefficient (Wildman–Crippen LogP) is 3.03. The molecule has 0 saturated carbocycles. The van der Waals surface area contributed by atoms with E-state index in [-0.39, 0.29) is 0 Å². The molecule has 2 aromatic carbocycles. The lowest BCUT2D eigenvalue weighted by Gasteiger charge is -2.20. The highest BCUT2D eigenvalue weighted by Crippen LogP contribution is 2.39. The first-order valence-electron chi connectivity index (χ1n) is 5.66. The third-order valence-electron chi connectivity index (χ3n) is 3.17. The summed E-state index contributed by atoms with van der Waals surface area (Å²) in [6.07, 6.45) is 0. The molecule has 1 aliphatic heterocycles. The summed E-state index contributed by atoms with van der Waals surface area (Å²) in [6.45, 7) is 1.80. The van der Waals surface area contributed by atoms with E-state index >= 15 is 0 Å². The molecular weight excluding hydrogens is 210 g/mol. The molecule has 2 nitrogen and oxygen atoms in total. The van der Waals surface area contributed by atoms with Crippen molar-refractivity contribution in [1.29, 1.82) is 0 Å². The van der Waals surface area contributed by atoms with E-state index in [4.69, 9.17) is 0 Å². The van der Waals surface area contributed by atoms with Gasteiger partial charge in [0.05, 0.1) is 11.4 Å². The standard InChI is InChI=1S/C15H13NO/c1-15(17)12-9-5-6-10-13(12)16-14(15)11-7-3-2-4-8-11/h2-10,17H,1H3/t15-/m0/s1. The maximum Gasteiger partial charge on any atom is 0.131 e. The van der Waals surface area contributed by atoms with Crippen LogP contribution in [0.4, 0.5) is 5.69 Å². The van der Waals surface area contributed by atoms with Crippen molar-refractivity contribution < 1.29 is 5.11 Å². The molecule has 2 aromatic rings. The summed E-state index contributed by atoms with van der Waals surface area (Å²) in [7, 11) is 0. The quantitative estimate of drug-likeness (QED) is 0.791. The molecular formula is C15H13NO. The van der Waals surface area contributed by atoms with Crippen LogP contribution in [0.15, 0.2) is 59.6 Å². The Labute approximate surface area is 100 Å². The number of fused-ring (bicyclic) bond motifs is 1. The Morgan fingerprint density at radius 2 is 1.59 bits per heavy atom. The molecule has 0 aliphatic carbocycles. The Morgan fingerprint density at radius 3 is 2.29 bits per heavy atom. The molecule has 0 saturated heterocycles. The van der Waals surface area contributed by atoms with Gasteiger partial charge in [-0.25, -0.2) is 4.99 Å². The monoisotopic (exact) mass is 223 g/mol. The normalized spacial score (nSPS) is 22.1. The lowest BCUT2D eigenvalue weighted by atomic mass is 9.89. The van der Waals surface area contributed by atoms with Gasteiger partial charge in [-0.1, -0.05) is 48.5 Å². The molecule has 1 atom stereocenters. The SMILES string of the molecule is C[C@@]1(O)C(c2ccccc2)=Nc2ccccc21. The van der Waals surface area contributed by atoms with E-state index in [1.807, 2.05) is 54.6 Å². The van der Waals surface area contributed by atoms with Crippen molar-refractivity contribution in [2.75, 3.05) is 0 Å². The van der Waals surface area contributed by atoms with Crippen LogP contribution in [-0.2, 0) is 5.60 Å². The first-order valence-corrected chi connectivity index (χ1v) is 5.66. The number of aliphatic hydroxyl groups is 1. The molecule has 0 radical (unpaired) electrons. The molecule has 1 aliphatic rings. The average Bonchev–Trinajstić information content (AvgIpc) is 2.63. The van der Waals surface area contributed by atoms with Crippen molar-refractivity contribution in [3.8, 4) is 0 Å². The maximum absolute atomic E-state index is 10.6. The first kappa shape index (κ1) is 10.2. The molecule has 0 amide bonds. The van der Waals surface area contributed by atoms with Crippen molar-refractivity contribution in [2.45, 2.75) is 12.5 Å². The van der Waals surface area contributed by atoms with Crippen LogP contribution < -0.4 is 0 Å². The van der Waals surface area contributed by atoms with Gasteiger partial charge < -0.3 is 5.11 Å². The number of hydrogen-bond donors (Lipinski definition) is 1. The summed E-state index contributed by atoms with van der Waals surface area (Å²) in [6, 6.07) is 17.5. The van der Waals surface area contributed by atoms with Gasteiger partial charge in [0.1, 0.15) is 5.60 Å². The molecule has 0 unspecified atom stereocenters. The van der Waals surface area contributed by atoms with Crippen LogP contribution in [0.2, 0.25) is 0 Å². The zero-order chi connectivity index (χ0) is 11.9. The molecule has 84 valence electrons. The van der Waals surface area contributed by atoms with Gasteiger partial charge in [-0.3, -0.25) is 0 Å². The van der Waals surface area contributed by atoms with Crippen LogP contribution >= 0.6 is 0 Å². The fourth-order valence-corrected chi connectivity index (χ4v) is 2.28. The summed E-state index contributed by atoms with van der Waals surface area (Å²) in [5.74, 6) is 0. The highest BCUT2D eigenvalue weighted by atomic mass is 16.3. The summed E-state index contributed by atoms with van der Waals surface area (Å²) in [5.41, 5.74) is 2.42. The molecule has 1 N–H and O–H groups in total. The molecule has 2 heteroatoms. The third kappa shape index (κ3) is 1.49. The minimum atomic E-state index is -1.00. The van der Waals surface area contributed by atoms with E-state index in [0.717, 1.165) is 22.5 Å². The van der Waals surface area contributed by atoms with Crippen molar-refractivity contribution in [1.82, 2.24) is 0 Å². The predicted molar refractivity (Wildman–Crippen MR) is 68.7 cm³/mol. The van der Waals surface area contributed by atoms with Crippen molar-refractivity contribution in [3.63, 3.8) is 0 Å². The number of benzene rings is 2. The second-order valence-corrected chi connectivity index (χ2v) is 4.42. The van der Waals surface area contributed by atoms with E-state index in [9.17, 15) is 5.11 Å². The van der Waals surface area contributed by atoms with Gasteiger partial charge >= 0.3 is 0 Å². The fourth-order valence-electron chi connectivity index (χ4n) is 2.28. The topological polar surface area (TPSA) is 32.6 Å². The molecule has 1 heterocycles. The van der Waals surface area contributed by atoms with Gasteiger partial charge in [-0.2, -0.15) is 0 Å². The van der Waals surface area contributed by atoms with Crippen LogP contribution in [0, 0.1) is 0 Å². The van der Waals surface area contributed by atoms with Gasteiger partial charge in [-0.05, 0) is 18.6 Å². The van der Waals surface area contributed by atoms with E-state index in [2.05, 4.69) is 4.99 Å². The van der Waals surface area contributed by atoms with Gasteiger partial charge in [0, 0.05) is 5.56 Å². The van der Waals surface area contributed by atoms with Gasteiger partial charge in [0.15, 0.2) is 0 Å². The Balaban J connectivity index is 2.17. The summed E-state index contributed by atoms with van der Waals surface area (Å²) in [5, 5.41) is 10.6. The minimum absolute atomic E-state index is 0.722. The molecule has 0 spiro atoms. The second kappa shape index (κ2) is 3.54. The smallest absolute Gasteiger partial charge is 0.131 e. The van der Waals surface area contributed by atoms with E-state index in [1.165, 1.54) is 0 Å². The number of para-hydroxylation sites is 1. The first-order chi connectivity index (χ1) is 8.19. The third-order valence-corrected chi connectivity index (χ3v) is 3.17. The molecule has 17 heavy (non-hydrogen) atoms. The molecule has 0 bridgehead atoms. The Morgan fingerprint density at radius 1 is 0.941 bits per heavy atom. The Hall–Kier alpha value is -1.93. The minimum Gasteiger partial charge on any atom is -0.379 e. The highest BCUT2D eigenvalue weighted by molar-refractivity contribution is 6.11. The van der Waals surface area contributed by atoms with Crippen molar-refractivity contribution in [3.05, 3.63) is 65.7 Å². The van der Waals surface area contributed by atoms with E-state index < -0.39 is 5.60 Å². The van der Waals surface area contributed by atoms with Crippen molar-refractivity contribution in [2.24, 2.45) is 4.99 Å². The van der Waals surface area contributed by atoms with Crippen LogP contribution in [0.3, 0.4) is 0 Å². The van der Waals surface area contributed by atoms with Crippen molar-refractivity contribution >= 4 is 11.4 Å². The number of hydrogen-bond acceptors (Lipinski definition) is 2. The van der Waals surface area contributed by atoms with E-state index in [0.29, 0.717) is 0 Å². The summed E-state index contributed by atoms with van der Waals surface area (Å²) in [4.78, 5) is 4.54.